The molecule has 5 heteroatoms. The highest BCUT2D eigenvalue weighted by molar-refractivity contribution is 6.10. The fourth-order valence-electron chi connectivity index (χ4n) is 4.01. The second-order valence-corrected chi connectivity index (χ2v) is 7.72. The van der Waals surface area contributed by atoms with Gasteiger partial charge in [0.1, 0.15) is 23.0 Å². The van der Waals surface area contributed by atoms with Gasteiger partial charge in [-0.15, -0.1) is 0 Å². The maximum absolute atomic E-state index is 12.9. The summed E-state index contributed by atoms with van der Waals surface area (Å²) in [6.07, 6.45) is 9.66. The van der Waals surface area contributed by atoms with E-state index in [4.69, 9.17) is 13.6 Å². The van der Waals surface area contributed by atoms with E-state index in [0.717, 1.165) is 55.0 Å². The lowest BCUT2D eigenvalue weighted by atomic mass is 9.96. The fourth-order valence-corrected chi connectivity index (χ4v) is 4.01. The topological polar surface area (TPSA) is 69.7 Å². The van der Waals surface area contributed by atoms with Gasteiger partial charge in [0.05, 0.1) is 10.9 Å². The molecular weight excluding hydrogens is 368 g/mol. The number of rotatable bonds is 6. The molecule has 3 aromatic rings. The van der Waals surface area contributed by atoms with Crippen LogP contribution < -0.4 is 15.8 Å². The molecule has 0 saturated heterocycles. The number of unbranched alkanes of at least 4 members (excludes halogenated alkanes) is 2. The van der Waals surface area contributed by atoms with Crippen LogP contribution in [0.2, 0.25) is 0 Å². The van der Waals surface area contributed by atoms with Crippen molar-refractivity contribution >= 4 is 28.0 Å². The first-order chi connectivity index (χ1) is 14.0. The van der Waals surface area contributed by atoms with Crippen LogP contribution in [-0.2, 0) is 6.42 Å². The molecule has 29 heavy (non-hydrogen) atoms. The zero-order chi connectivity index (χ0) is 20.5. The predicted molar refractivity (Wildman–Crippen MR) is 115 cm³/mol. The molecule has 0 aliphatic carbocycles. The van der Waals surface area contributed by atoms with Gasteiger partial charge in [-0.3, -0.25) is 4.79 Å². The second kappa shape index (κ2) is 7.90. The molecule has 0 amide bonds. The van der Waals surface area contributed by atoms with Crippen molar-refractivity contribution in [1.82, 2.24) is 0 Å². The highest BCUT2D eigenvalue weighted by Gasteiger charge is 2.26. The summed E-state index contributed by atoms with van der Waals surface area (Å²) in [7, 11) is 0. The normalized spacial score (nSPS) is 15.6. The van der Waals surface area contributed by atoms with E-state index in [1.165, 1.54) is 12.1 Å². The molecule has 2 aromatic heterocycles. The molecule has 0 spiro atoms. The van der Waals surface area contributed by atoms with Crippen LogP contribution in [0.4, 0.5) is 0 Å². The van der Waals surface area contributed by atoms with Crippen molar-refractivity contribution in [2.45, 2.75) is 65.4 Å². The Labute approximate surface area is 169 Å². The average molecular weight is 394 g/mol. The number of hydrogen-bond donors (Lipinski definition) is 0. The molecule has 0 saturated carbocycles. The summed E-state index contributed by atoms with van der Waals surface area (Å²) in [5.41, 5.74) is 1.62. The van der Waals surface area contributed by atoms with Crippen LogP contribution in [0.15, 0.2) is 36.6 Å². The summed E-state index contributed by atoms with van der Waals surface area (Å²) in [6.45, 7) is 6.00. The third-order valence-electron chi connectivity index (χ3n) is 5.45. The number of hydrogen-bond acceptors (Lipinski definition) is 5. The molecule has 3 heterocycles. The molecule has 1 unspecified atom stereocenters. The summed E-state index contributed by atoms with van der Waals surface area (Å²) in [6, 6.07) is 2.97. The van der Waals surface area contributed by atoms with Crippen LogP contribution >= 0.6 is 0 Å². The molecule has 0 bridgehead atoms. The minimum absolute atomic E-state index is 0.0504. The van der Waals surface area contributed by atoms with E-state index in [2.05, 4.69) is 13.8 Å². The average Bonchev–Trinajstić information content (AvgIpc) is 2.69. The van der Waals surface area contributed by atoms with Crippen molar-refractivity contribution in [3.8, 4) is 5.75 Å². The molecule has 0 N–H and O–H groups in total. The molecule has 1 aromatic carbocycles. The van der Waals surface area contributed by atoms with Gasteiger partial charge in [-0.1, -0.05) is 26.7 Å². The van der Waals surface area contributed by atoms with Gasteiger partial charge < -0.3 is 13.6 Å². The van der Waals surface area contributed by atoms with Gasteiger partial charge in [0.2, 0.25) is 0 Å². The molecule has 4 rings (SSSR count). The number of benzene rings is 1. The summed E-state index contributed by atoms with van der Waals surface area (Å²) < 4.78 is 17.9. The molecule has 1 atom stereocenters. The molecular formula is C24H26O5. The van der Waals surface area contributed by atoms with Crippen molar-refractivity contribution in [3.63, 3.8) is 0 Å². The maximum atomic E-state index is 12.9. The first-order valence-corrected chi connectivity index (χ1v) is 10.5. The number of ether oxygens (including phenoxy) is 1. The smallest absolute Gasteiger partial charge is 0.336 e. The minimum Gasteiger partial charge on any atom is -0.485 e. The van der Waals surface area contributed by atoms with Gasteiger partial charge in [-0.2, -0.15) is 0 Å². The quantitative estimate of drug-likeness (QED) is 0.407. The maximum Gasteiger partial charge on any atom is 0.336 e. The van der Waals surface area contributed by atoms with Crippen LogP contribution in [0.25, 0.3) is 28.0 Å². The lowest BCUT2D eigenvalue weighted by molar-refractivity contribution is 0.234. The Hall–Kier alpha value is -2.82. The lowest BCUT2D eigenvalue weighted by Crippen LogP contribution is -2.18. The van der Waals surface area contributed by atoms with Crippen molar-refractivity contribution in [2.24, 2.45) is 0 Å². The van der Waals surface area contributed by atoms with E-state index in [0.29, 0.717) is 22.5 Å². The van der Waals surface area contributed by atoms with Crippen LogP contribution in [0.3, 0.4) is 0 Å². The van der Waals surface area contributed by atoms with Crippen molar-refractivity contribution in [3.05, 3.63) is 55.7 Å². The van der Waals surface area contributed by atoms with Gasteiger partial charge in [0, 0.05) is 12.1 Å². The largest absolute Gasteiger partial charge is 0.485 e. The first-order valence-electron chi connectivity index (χ1n) is 10.5. The zero-order valence-corrected chi connectivity index (χ0v) is 17.2. The van der Waals surface area contributed by atoms with E-state index in [1.54, 1.807) is 6.92 Å². The Morgan fingerprint density at radius 3 is 2.52 bits per heavy atom. The van der Waals surface area contributed by atoms with Crippen LogP contribution in [0.1, 0.15) is 62.8 Å². The van der Waals surface area contributed by atoms with E-state index < -0.39 is 5.63 Å². The zero-order valence-electron chi connectivity index (χ0n) is 17.2. The summed E-state index contributed by atoms with van der Waals surface area (Å²) in [5.74, 6) is 1.16. The molecule has 1 aliphatic rings. The molecule has 0 fully saturated rings. The second-order valence-electron chi connectivity index (χ2n) is 7.72. The van der Waals surface area contributed by atoms with E-state index in [-0.39, 0.29) is 17.1 Å². The van der Waals surface area contributed by atoms with Gasteiger partial charge in [0.25, 0.3) is 0 Å². The van der Waals surface area contributed by atoms with E-state index in [1.807, 2.05) is 12.2 Å². The first kappa shape index (κ1) is 19.5. The van der Waals surface area contributed by atoms with Gasteiger partial charge in [-0.05, 0) is 50.3 Å². The Balaban J connectivity index is 2.09. The Morgan fingerprint density at radius 2 is 1.76 bits per heavy atom. The van der Waals surface area contributed by atoms with Crippen LogP contribution in [0.5, 0.6) is 5.75 Å². The number of fused-ring (bicyclic) bond motifs is 6. The highest BCUT2D eigenvalue weighted by atomic mass is 16.5. The van der Waals surface area contributed by atoms with E-state index >= 15 is 0 Å². The van der Waals surface area contributed by atoms with Gasteiger partial charge in [0.15, 0.2) is 16.6 Å². The Morgan fingerprint density at radius 1 is 0.966 bits per heavy atom. The predicted octanol–water partition coefficient (Wildman–Crippen LogP) is 5.51. The highest BCUT2D eigenvalue weighted by Crippen LogP contribution is 2.42. The van der Waals surface area contributed by atoms with Crippen molar-refractivity contribution < 1.29 is 13.6 Å². The third kappa shape index (κ3) is 3.50. The molecule has 5 nitrogen and oxygen atoms in total. The van der Waals surface area contributed by atoms with E-state index in [9.17, 15) is 9.59 Å². The minimum atomic E-state index is -0.460. The van der Waals surface area contributed by atoms with Crippen molar-refractivity contribution in [2.75, 3.05) is 0 Å². The van der Waals surface area contributed by atoms with Crippen LogP contribution in [0, 0.1) is 6.92 Å². The van der Waals surface area contributed by atoms with Crippen LogP contribution in [-0.4, -0.2) is 6.10 Å². The van der Waals surface area contributed by atoms with Gasteiger partial charge in [-0.25, -0.2) is 4.79 Å². The summed E-state index contributed by atoms with van der Waals surface area (Å²) in [5, 5.41) is 1.03. The standard InChI is InChI=1S/C24H26O5/c1-4-6-8-15-13-19(26)29-24-20(15)22-17(11-10-16(28-22)9-7-5-2)23-21(24)18(25)12-14(3)27-23/h10-13,16H,4-9H2,1-3H3. The molecule has 0 radical (unpaired) electrons. The summed E-state index contributed by atoms with van der Waals surface area (Å²) >= 11 is 0. The Bertz CT molecular complexity index is 1210. The summed E-state index contributed by atoms with van der Waals surface area (Å²) in [4.78, 5) is 25.2. The SMILES string of the molecule is CCCCc1cc(=O)oc2c1c1c(c3oc(C)cc(=O)c32)C=CC(CCCC)O1. The molecule has 152 valence electrons. The fraction of sp³-hybridized carbons (Fsp3) is 0.417. The number of aryl methyl sites for hydroxylation is 2. The van der Waals surface area contributed by atoms with Crippen molar-refractivity contribution in [1.29, 1.82) is 0 Å². The van der Waals surface area contributed by atoms with Gasteiger partial charge >= 0.3 is 5.63 Å². The third-order valence-corrected chi connectivity index (χ3v) is 5.45. The molecule has 1 aliphatic heterocycles. The Kier molecular flexibility index (Phi) is 5.31. The lowest BCUT2D eigenvalue weighted by Gasteiger charge is -2.24. The monoisotopic (exact) mass is 394 g/mol.